The maximum Gasteiger partial charge on any atom is 0.122 e. The Morgan fingerprint density at radius 3 is 2.77 bits per heavy atom. The molecule has 0 aromatic heterocycles. The van der Waals surface area contributed by atoms with Gasteiger partial charge in [-0.3, -0.25) is 0 Å². The van der Waals surface area contributed by atoms with Gasteiger partial charge in [0.05, 0.1) is 19.3 Å². The summed E-state index contributed by atoms with van der Waals surface area (Å²) in [6.07, 6.45) is 10.1. The van der Waals surface area contributed by atoms with Gasteiger partial charge in [0, 0.05) is 0 Å². The summed E-state index contributed by atoms with van der Waals surface area (Å²) in [6, 6.07) is 6.35. The third-order valence-corrected chi connectivity index (χ3v) is 6.79. The summed E-state index contributed by atoms with van der Waals surface area (Å²) in [7, 11) is 1.75. The first kappa shape index (κ1) is 19.7. The van der Waals surface area contributed by atoms with Crippen molar-refractivity contribution < 1.29 is 14.9 Å². The van der Waals surface area contributed by atoms with E-state index in [1.807, 2.05) is 0 Å². The minimum atomic E-state index is -0.211. The fourth-order valence-electron chi connectivity index (χ4n) is 5.33. The number of methoxy groups -OCH3 is 1. The molecule has 1 aromatic rings. The van der Waals surface area contributed by atoms with Gasteiger partial charge in [-0.25, -0.2) is 0 Å². The number of hydrogen-bond donors (Lipinski definition) is 2. The van der Waals surface area contributed by atoms with Gasteiger partial charge in [-0.15, -0.1) is 0 Å². The number of benzene rings is 1. The number of rotatable bonds is 9. The quantitative estimate of drug-likeness (QED) is 0.637. The Kier molecular flexibility index (Phi) is 6.99. The highest BCUT2D eigenvalue weighted by molar-refractivity contribution is 5.43. The molecule has 2 aliphatic rings. The molecule has 5 atom stereocenters. The van der Waals surface area contributed by atoms with Crippen LogP contribution in [0.25, 0.3) is 0 Å². The van der Waals surface area contributed by atoms with E-state index < -0.39 is 0 Å². The summed E-state index contributed by atoms with van der Waals surface area (Å²) in [5.41, 5.74) is 2.74. The fraction of sp³-hybridized carbons (Fsp3) is 0.739. The second kappa shape index (κ2) is 9.23. The Hall–Kier alpha value is -1.06. The first-order valence-electron chi connectivity index (χ1n) is 10.6. The van der Waals surface area contributed by atoms with E-state index in [0.717, 1.165) is 50.7 Å². The summed E-state index contributed by atoms with van der Waals surface area (Å²) < 4.78 is 5.55. The summed E-state index contributed by atoms with van der Waals surface area (Å²) >= 11 is 0. The molecule has 3 nitrogen and oxygen atoms in total. The average Bonchev–Trinajstić information content (AvgIpc) is 2.95. The molecule has 3 rings (SSSR count). The van der Waals surface area contributed by atoms with Crippen molar-refractivity contribution in [2.24, 2.45) is 17.8 Å². The molecule has 1 saturated carbocycles. The van der Waals surface area contributed by atoms with Crippen molar-refractivity contribution in [2.75, 3.05) is 7.11 Å². The molecule has 1 fully saturated rings. The van der Waals surface area contributed by atoms with Crippen LogP contribution in [0, 0.1) is 17.8 Å². The van der Waals surface area contributed by atoms with Gasteiger partial charge in [-0.1, -0.05) is 44.7 Å². The van der Waals surface area contributed by atoms with Gasteiger partial charge < -0.3 is 14.9 Å². The summed E-state index contributed by atoms with van der Waals surface area (Å²) in [4.78, 5) is 0. The topological polar surface area (TPSA) is 49.7 Å². The van der Waals surface area contributed by atoms with Crippen molar-refractivity contribution in [3.8, 4) is 5.75 Å². The molecule has 0 bridgehead atoms. The lowest BCUT2D eigenvalue weighted by Gasteiger charge is -2.32. The maximum atomic E-state index is 10.7. The van der Waals surface area contributed by atoms with Crippen molar-refractivity contribution in [3.63, 3.8) is 0 Å². The SMILES string of the molecule is CCCCCC[C@H](O)CC[C@@H]1[C@H]2Cc3cccc(OC)c3C[C@H]2C[C@H]1O. The van der Waals surface area contributed by atoms with Gasteiger partial charge >= 0.3 is 0 Å². The highest BCUT2D eigenvalue weighted by Gasteiger charge is 2.44. The van der Waals surface area contributed by atoms with Gasteiger partial charge in [-0.2, -0.15) is 0 Å². The number of aliphatic hydroxyl groups is 2. The molecule has 2 N–H and O–H groups in total. The van der Waals surface area contributed by atoms with Crippen LogP contribution in [-0.4, -0.2) is 29.5 Å². The minimum Gasteiger partial charge on any atom is -0.496 e. The smallest absolute Gasteiger partial charge is 0.122 e. The third kappa shape index (κ3) is 4.43. The predicted octanol–water partition coefficient (Wildman–Crippen LogP) is 4.52. The van der Waals surface area contributed by atoms with E-state index in [4.69, 9.17) is 4.74 Å². The first-order chi connectivity index (χ1) is 12.6. The Bertz CT molecular complexity index is 571. The molecular weight excluding hydrogens is 324 g/mol. The molecule has 0 heterocycles. The van der Waals surface area contributed by atoms with Crippen molar-refractivity contribution in [2.45, 2.75) is 83.3 Å². The van der Waals surface area contributed by atoms with E-state index in [1.165, 1.54) is 30.4 Å². The molecule has 0 saturated heterocycles. The van der Waals surface area contributed by atoms with E-state index >= 15 is 0 Å². The standard InChI is InChI=1S/C23H36O3/c1-3-4-5-6-9-18(24)11-12-19-20-13-16-8-7-10-23(26-2)21(16)14-17(20)15-22(19)25/h7-8,10,17-20,22,24-25H,3-6,9,11-15H2,1-2H3/t17-,18-,19+,20-,22+/m0/s1. The van der Waals surface area contributed by atoms with Crippen LogP contribution >= 0.6 is 0 Å². The zero-order chi connectivity index (χ0) is 18.5. The summed E-state index contributed by atoms with van der Waals surface area (Å²) in [5.74, 6) is 2.45. The zero-order valence-electron chi connectivity index (χ0n) is 16.5. The fourth-order valence-corrected chi connectivity index (χ4v) is 5.33. The monoisotopic (exact) mass is 360 g/mol. The molecule has 146 valence electrons. The molecule has 1 aromatic carbocycles. The summed E-state index contributed by atoms with van der Waals surface area (Å²) in [5, 5.41) is 21.0. The average molecular weight is 361 g/mol. The molecule has 0 spiro atoms. The minimum absolute atomic E-state index is 0.200. The third-order valence-electron chi connectivity index (χ3n) is 6.79. The molecule has 0 amide bonds. The van der Waals surface area contributed by atoms with Gasteiger partial charge in [0.25, 0.3) is 0 Å². The normalized spacial score (nSPS) is 28.5. The predicted molar refractivity (Wildman–Crippen MR) is 105 cm³/mol. The van der Waals surface area contributed by atoms with Crippen LogP contribution in [0.4, 0.5) is 0 Å². The van der Waals surface area contributed by atoms with Gasteiger partial charge in [0.1, 0.15) is 5.75 Å². The molecule has 0 radical (unpaired) electrons. The van der Waals surface area contributed by atoms with E-state index in [1.54, 1.807) is 7.11 Å². The number of fused-ring (bicyclic) bond motifs is 2. The lowest BCUT2D eigenvalue weighted by atomic mass is 9.73. The molecular formula is C23H36O3. The van der Waals surface area contributed by atoms with Crippen molar-refractivity contribution in [3.05, 3.63) is 29.3 Å². The van der Waals surface area contributed by atoms with Crippen LogP contribution in [0.15, 0.2) is 18.2 Å². The van der Waals surface area contributed by atoms with Gasteiger partial charge in [-0.05, 0) is 73.5 Å². The zero-order valence-corrected chi connectivity index (χ0v) is 16.5. The van der Waals surface area contributed by atoms with Crippen LogP contribution < -0.4 is 4.74 Å². The van der Waals surface area contributed by atoms with Crippen molar-refractivity contribution >= 4 is 0 Å². The van der Waals surface area contributed by atoms with Crippen molar-refractivity contribution in [1.82, 2.24) is 0 Å². The van der Waals surface area contributed by atoms with Crippen LogP contribution in [0.3, 0.4) is 0 Å². The second-order valence-electron chi connectivity index (χ2n) is 8.48. The highest BCUT2D eigenvalue weighted by Crippen LogP contribution is 2.48. The van der Waals surface area contributed by atoms with Gasteiger partial charge in [0.2, 0.25) is 0 Å². The molecule has 0 unspecified atom stereocenters. The largest absolute Gasteiger partial charge is 0.496 e. The number of ether oxygens (including phenoxy) is 1. The van der Waals surface area contributed by atoms with E-state index in [2.05, 4.69) is 25.1 Å². The Balaban J connectivity index is 1.56. The highest BCUT2D eigenvalue weighted by atomic mass is 16.5. The van der Waals surface area contributed by atoms with Gasteiger partial charge in [0.15, 0.2) is 0 Å². The lowest BCUT2D eigenvalue weighted by molar-refractivity contribution is 0.0869. The van der Waals surface area contributed by atoms with Crippen molar-refractivity contribution in [1.29, 1.82) is 0 Å². The molecule has 0 aliphatic heterocycles. The van der Waals surface area contributed by atoms with E-state index in [-0.39, 0.29) is 12.2 Å². The van der Waals surface area contributed by atoms with E-state index in [0.29, 0.717) is 17.8 Å². The lowest BCUT2D eigenvalue weighted by Crippen LogP contribution is -2.28. The maximum absolute atomic E-state index is 10.7. The number of aliphatic hydroxyl groups excluding tert-OH is 2. The van der Waals surface area contributed by atoms with Crippen LogP contribution in [0.1, 0.15) is 69.4 Å². The number of unbranched alkanes of at least 4 members (excludes halogenated alkanes) is 3. The Morgan fingerprint density at radius 2 is 2.00 bits per heavy atom. The van der Waals surface area contributed by atoms with Crippen LogP contribution in [0.5, 0.6) is 5.75 Å². The first-order valence-corrected chi connectivity index (χ1v) is 10.6. The Morgan fingerprint density at radius 1 is 1.15 bits per heavy atom. The molecule has 26 heavy (non-hydrogen) atoms. The summed E-state index contributed by atoms with van der Waals surface area (Å²) in [6.45, 7) is 2.21. The number of hydrogen-bond acceptors (Lipinski definition) is 3. The molecule has 3 heteroatoms. The second-order valence-corrected chi connectivity index (χ2v) is 8.48. The Labute approximate surface area is 158 Å². The van der Waals surface area contributed by atoms with Crippen LogP contribution in [0.2, 0.25) is 0 Å². The molecule has 2 aliphatic carbocycles. The van der Waals surface area contributed by atoms with E-state index in [9.17, 15) is 10.2 Å². The van der Waals surface area contributed by atoms with Crippen LogP contribution in [-0.2, 0) is 12.8 Å².